The van der Waals surface area contributed by atoms with Crippen molar-refractivity contribution in [2.24, 2.45) is 5.92 Å². The fourth-order valence-electron chi connectivity index (χ4n) is 3.11. The van der Waals surface area contributed by atoms with Crippen LogP contribution in [0.25, 0.3) is 0 Å². The summed E-state index contributed by atoms with van der Waals surface area (Å²) in [6, 6.07) is 0.272. The molecule has 0 spiro atoms. The van der Waals surface area contributed by atoms with Crippen molar-refractivity contribution < 1.29 is 19.4 Å². The van der Waals surface area contributed by atoms with E-state index in [0.29, 0.717) is 18.8 Å². The topological polar surface area (TPSA) is 66.8 Å². The number of carbonyl (C=O) groups is 2. The number of ether oxygens (including phenoxy) is 1. The third-order valence-corrected chi connectivity index (χ3v) is 4.17. The molecule has 2 fully saturated rings. The quantitative estimate of drug-likeness (QED) is 0.846. The molecule has 19 heavy (non-hydrogen) atoms. The number of likely N-dealkylation sites (tertiary alicyclic amines) is 1. The van der Waals surface area contributed by atoms with Crippen LogP contribution in [0.15, 0.2) is 0 Å². The van der Waals surface area contributed by atoms with Gasteiger partial charge in [0, 0.05) is 12.6 Å². The molecule has 1 unspecified atom stereocenters. The van der Waals surface area contributed by atoms with Crippen LogP contribution < -0.4 is 0 Å². The van der Waals surface area contributed by atoms with Crippen LogP contribution in [0, 0.1) is 5.92 Å². The van der Waals surface area contributed by atoms with Gasteiger partial charge in [0.1, 0.15) is 6.10 Å². The molecule has 5 heteroatoms. The highest BCUT2D eigenvalue weighted by molar-refractivity contribution is 5.83. The number of rotatable bonds is 3. The van der Waals surface area contributed by atoms with Crippen LogP contribution in [0.4, 0.5) is 0 Å². The maximum atomic E-state index is 12.5. The van der Waals surface area contributed by atoms with Gasteiger partial charge in [0.05, 0.1) is 0 Å². The van der Waals surface area contributed by atoms with Crippen LogP contribution in [-0.4, -0.2) is 46.7 Å². The van der Waals surface area contributed by atoms with E-state index in [9.17, 15) is 9.59 Å². The molecule has 0 radical (unpaired) electrons. The molecule has 0 aromatic heterocycles. The SMILES string of the molecule is CC(C)C1CCCCN1C(=O)[C@@H]1CC[C@H](C(=O)O)O1. The van der Waals surface area contributed by atoms with Crippen LogP contribution in [0.2, 0.25) is 0 Å². The number of hydrogen-bond acceptors (Lipinski definition) is 3. The monoisotopic (exact) mass is 269 g/mol. The lowest BCUT2D eigenvalue weighted by Gasteiger charge is -2.39. The molecule has 2 aliphatic heterocycles. The van der Waals surface area contributed by atoms with Crippen LogP contribution in [0.5, 0.6) is 0 Å². The van der Waals surface area contributed by atoms with Gasteiger partial charge in [-0.25, -0.2) is 4.79 Å². The second kappa shape index (κ2) is 5.90. The van der Waals surface area contributed by atoms with Crippen molar-refractivity contribution in [2.75, 3.05) is 6.54 Å². The molecule has 5 nitrogen and oxygen atoms in total. The minimum atomic E-state index is -0.964. The van der Waals surface area contributed by atoms with Crippen molar-refractivity contribution in [1.29, 1.82) is 0 Å². The van der Waals surface area contributed by atoms with E-state index in [-0.39, 0.29) is 11.9 Å². The first kappa shape index (κ1) is 14.3. The van der Waals surface area contributed by atoms with E-state index in [4.69, 9.17) is 9.84 Å². The second-order valence-electron chi connectivity index (χ2n) is 5.87. The molecule has 0 saturated carbocycles. The zero-order valence-corrected chi connectivity index (χ0v) is 11.7. The second-order valence-corrected chi connectivity index (χ2v) is 5.87. The first-order chi connectivity index (χ1) is 9.00. The molecule has 2 aliphatic rings. The van der Waals surface area contributed by atoms with E-state index < -0.39 is 18.2 Å². The van der Waals surface area contributed by atoms with E-state index in [2.05, 4.69) is 13.8 Å². The molecule has 2 rings (SSSR count). The van der Waals surface area contributed by atoms with Gasteiger partial charge in [0.15, 0.2) is 6.10 Å². The molecular weight excluding hydrogens is 246 g/mol. The summed E-state index contributed by atoms with van der Waals surface area (Å²) in [7, 11) is 0. The van der Waals surface area contributed by atoms with Gasteiger partial charge in [0.25, 0.3) is 5.91 Å². The maximum Gasteiger partial charge on any atom is 0.332 e. The smallest absolute Gasteiger partial charge is 0.332 e. The first-order valence-corrected chi connectivity index (χ1v) is 7.19. The van der Waals surface area contributed by atoms with Crippen molar-refractivity contribution in [2.45, 2.75) is 64.2 Å². The highest BCUT2D eigenvalue weighted by Gasteiger charge is 2.39. The summed E-state index contributed by atoms with van der Waals surface area (Å²) in [6.07, 6.45) is 2.83. The van der Waals surface area contributed by atoms with Gasteiger partial charge in [-0.1, -0.05) is 13.8 Å². The van der Waals surface area contributed by atoms with Crippen LogP contribution >= 0.6 is 0 Å². The fraction of sp³-hybridized carbons (Fsp3) is 0.857. The summed E-state index contributed by atoms with van der Waals surface area (Å²) in [5.41, 5.74) is 0. The molecule has 0 aromatic rings. The lowest BCUT2D eigenvalue weighted by molar-refractivity contribution is -0.156. The van der Waals surface area contributed by atoms with Gasteiger partial charge < -0.3 is 14.7 Å². The summed E-state index contributed by atoms with van der Waals surface area (Å²) >= 11 is 0. The number of amides is 1. The van der Waals surface area contributed by atoms with Gasteiger partial charge in [-0.05, 0) is 38.0 Å². The van der Waals surface area contributed by atoms with Gasteiger partial charge in [0.2, 0.25) is 0 Å². The molecular formula is C14H23NO4. The minimum absolute atomic E-state index is 0.0119. The fourth-order valence-corrected chi connectivity index (χ4v) is 3.11. The Morgan fingerprint density at radius 3 is 2.42 bits per heavy atom. The number of aliphatic carboxylic acids is 1. The predicted molar refractivity (Wildman–Crippen MR) is 69.7 cm³/mol. The maximum absolute atomic E-state index is 12.5. The number of piperidine rings is 1. The normalized spacial score (nSPS) is 31.7. The number of carboxylic acid groups (broad SMARTS) is 1. The van der Waals surface area contributed by atoms with E-state index in [1.54, 1.807) is 0 Å². The van der Waals surface area contributed by atoms with Crippen molar-refractivity contribution in [1.82, 2.24) is 4.90 Å². The van der Waals surface area contributed by atoms with Gasteiger partial charge >= 0.3 is 5.97 Å². The van der Waals surface area contributed by atoms with Crippen molar-refractivity contribution in [3.63, 3.8) is 0 Å². The summed E-state index contributed by atoms with van der Waals surface area (Å²) in [5.74, 6) is -0.544. The van der Waals surface area contributed by atoms with Gasteiger partial charge in [-0.2, -0.15) is 0 Å². The molecule has 2 saturated heterocycles. The Hall–Kier alpha value is -1.10. The Bertz CT molecular complexity index is 355. The summed E-state index contributed by atoms with van der Waals surface area (Å²) < 4.78 is 5.38. The zero-order chi connectivity index (χ0) is 14.0. The van der Waals surface area contributed by atoms with Crippen LogP contribution in [-0.2, 0) is 14.3 Å². The van der Waals surface area contributed by atoms with Crippen molar-refractivity contribution >= 4 is 11.9 Å². The molecule has 108 valence electrons. The van der Waals surface area contributed by atoms with Gasteiger partial charge in [-0.15, -0.1) is 0 Å². The molecule has 3 atom stereocenters. The van der Waals surface area contributed by atoms with E-state index in [1.807, 2.05) is 4.90 Å². The average Bonchev–Trinajstić information content (AvgIpc) is 2.87. The molecule has 0 aromatic carbocycles. The Balaban J connectivity index is 2.00. The average molecular weight is 269 g/mol. The lowest BCUT2D eigenvalue weighted by Crippen LogP contribution is -2.50. The van der Waals surface area contributed by atoms with E-state index in [0.717, 1.165) is 25.8 Å². The predicted octanol–water partition coefficient (Wildman–Crippen LogP) is 1.66. The zero-order valence-electron chi connectivity index (χ0n) is 11.7. The van der Waals surface area contributed by atoms with Crippen LogP contribution in [0.3, 0.4) is 0 Å². The highest BCUT2D eigenvalue weighted by Crippen LogP contribution is 2.28. The Labute approximate surface area is 113 Å². The first-order valence-electron chi connectivity index (χ1n) is 7.19. The molecule has 0 aliphatic carbocycles. The third kappa shape index (κ3) is 3.08. The Kier molecular flexibility index (Phi) is 4.45. The minimum Gasteiger partial charge on any atom is -0.479 e. The molecule has 1 amide bonds. The van der Waals surface area contributed by atoms with Gasteiger partial charge in [-0.3, -0.25) is 4.79 Å². The number of carbonyl (C=O) groups excluding carboxylic acids is 1. The Morgan fingerprint density at radius 1 is 1.16 bits per heavy atom. The molecule has 1 N–H and O–H groups in total. The van der Waals surface area contributed by atoms with Crippen molar-refractivity contribution in [3.8, 4) is 0 Å². The lowest BCUT2D eigenvalue weighted by atomic mass is 9.92. The Morgan fingerprint density at radius 2 is 1.84 bits per heavy atom. The van der Waals surface area contributed by atoms with Crippen molar-refractivity contribution in [3.05, 3.63) is 0 Å². The standard InChI is InChI=1S/C14H23NO4/c1-9(2)10-5-3-4-8-15(10)13(16)11-6-7-12(19-11)14(17)18/h9-12H,3-8H2,1-2H3,(H,17,18)/t10?,11-,12+/m0/s1. The van der Waals surface area contributed by atoms with E-state index >= 15 is 0 Å². The number of hydrogen-bond donors (Lipinski definition) is 1. The molecule has 0 bridgehead atoms. The van der Waals surface area contributed by atoms with E-state index in [1.165, 1.54) is 0 Å². The molecule has 2 heterocycles. The summed E-state index contributed by atoms with van der Waals surface area (Å²) in [5, 5.41) is 8.91. The summed E-state index contributed by atoms with van der Waals surface area (Å²) in [4.78, 5) is 25.3. The van der Waals surface area contributed by atoms with Crippen LogP contribution in [0.1, 0.15) is 46.0 Å². The summed E-state index contributed by atoms with van der Waals surface area (Å²) in [6.45, 7) is 5.04. The number of nitrogens with zero attached hydrogens (tertiary/aromatic N) is 1. The number of carboxylic acids is 1. The highest BCUT2D eigenvalue weighted by atomic mass is 16.5. The largest absolute Gasteiger partial charge is 0.479 e. The third-order valence-electron chi connectivity index (χ3n) is 4.17.